The van der Waals surface area contributed by atoms with Crippen LogP contribution in [0, 0.1) is 0 Å². The van der Waals surface area contributed by atoms with Crippen molar-refractivity contribution in [2.24, 2.45) is 14.1 Å². The number of aryl methyl sites for hydroxylation is 3. The lowest BCUT2D eigenvalue weighted by atomic mass is 10.0. The molecule has 1 N–H and O–H groups in total. The molecule has 3 aromatic carbocycles. The van der Waals surface area contributed by atoms with E-state index in [1.54, 1.807) is 60.4 Å². The zero-order valence-corrected chi connectivity index (χ0v) is 22.3. The van der Waals surface area contributed by atoms with Crippen molar-refractivity contribution in [2.75, 3.05) is 5.32 Å². The Hall–Kier alpha value is -5.13. The van der Waals surface area contributed by atoms with E-state index in [0.29, 0.717) is 40.2 Å². The van der Waals surface area contributed by atoms with Gasteiger partial charge in [0.1, 0.15) is 11.8 Å². The molecular formula is C29H24F3N7O2. The lowest BCUT2D eigenvalue weighted by Gasteiger charge is -2.15. The van der Waals surface area contributed by atoms with Gasteiger partial charge in [-0.05, 0) is 55.0 Å². The number of benzene rings is 3. The Bertz CT molecular complexity index is 2010. The van der Waals surface area contributed by atoms with Crippen LogP contribution in [0.2, 0.25) is 0 Å². The number of alkyl halides is 3. The summed E-state index contributed by atoms with van der Waals surface area (Å²) in [6, 6.07) is 15.9. The van der Waals surface area contributed by atoms with Crippen LogP contribution in [0.1, 0.15) is 22.8 Å². The van der Waals surface area contributed by atoms with Crippen LogP contribution in [0.25, 0.3) is 38.9 Å². The predicted octanol–water partition coefficient (Wildman–Crippen LogP) is 5.37. The molecule has 0 spiro atoms. The topological polar surface area (TPSA) is 91.7 Å². The summed E-state index contributed by atoms with van der Waals surface area (Å²) in [5.74, 6) is -0.676. The molecule has 0 fully saturated rings. The summed E-state index contributed by atoms with van der Waals surface area (Å²) >= 11 is 0. The largest absolute Gasteiger partial charge is 0.416 e. The van der Waals surface area contributed by atoms with Gasteiger partial charge in [-0.1, -0.05) is 18.2 Å². The third-order valence-electron chi connectivity index (χ3n) is 7.15. The van der Waals surface area contributed by atoms with Crippen molar-refractivity contribution in [3.8, 4) is 16.9 Å². The van der Waals surface area contributed by atoms with Gasteiger partial charge in [0.15, 0.2) is 0 Å². The average molecular weight is 560 g/mol. The van der Waals surface area contributed by atoms with E-state index in [-0.39, 0.29) is 16.6 Å². The second kappa shape index (κ2) is 9.51. The van der Waals surface area contributed by atoms with Gasteiger partial charge in [-0.3, -0.25) is 4.79 Å². The Balaban J connectivity index is 1.48. The number of para-hydroxylation sites is 1. The number of imidazole rings is 1. The van der Waals surface area contributed by atoms with Crippen molar-refractivity contribution in [2.45, 2.75) is 19.6 Å². The highest BCUT2D eigenvalue weighted by molar-refractivity contribution is 6.15. The smallest absolute Gasteiger partial charge is 0.340 e. The average Bonchev–Trinajstić information content (AvgIpc) is 3.63. The standard InChI is InChI=1S/C29H24F3N7O2/c1-4-38-24(17-8-10-20(11-9-17)39-16-34-37(3)28(39)41)13-18-12-19(29(30,31)32)14-21(26(18)38)27(40)35-22-6-5-7-23-25(22)33-15-36(23)2/h5-16H,4H2,1-3H3,(H,35,40). The molecule has 0 aliphatic carbocycles. The molecule has 3 heterocycles. The summed E-state index contributed by atoms with van der Waals surface area (Å²) < 4.78 is 48.1. The summed E-state index contributed by atoms with van der Waals surface area (Å²) in [6.45, 7) is 2.25. The highest BCUT2D eigenvalue weighted by Gasteiger charge is 2.33. The monoisotopic (exact) mass is 559 g/mol. The molecule has 6 aromatic rings. The Morgan fingerprint density at radius 2 is 1.76 bits per heavy atom. The predicted molar refractivity (Wildman–Crippen MR) is 149 cm³/mol. The molecule has 9 nitrogen and oxygen atoms in total. The van der Waals surface area contributed by atoms with Crippen LogP contribution < -0.4 is 11.0 Å². The number of hydrogen-bond donors (Lipinski definition) is 1. The van der Waals surface area contributed by atoms with E-state index in [2.05, 4.69) is 15.4 Å². The minimum absolute atomic E-state index is 0.102. The second-order valence-corrected chi connectivity index (χ2v) is 9.67. The molecule has 0 aliphatic rings. The van der Waals surface area contributed by atoms with Gasteiger partial charge in [-0.25, -0.2) is 19.0 Å². The molecule has 0 atom stereocenters. The number of nitrogens with one attached hydrogen (secondary N) is 1. The van der Waals surface area contributed by atoms with Crippen LogP contribution in [-0.2, 0) is 26.8 Å². The van der Waals surface area contributed by atoms with Crippen molar-refractivity contribution in [3.05, 3.63) is 94.9 Å². The van der Waals surface area contributed by atoms with Crippen molar-refractivity contribution in [1.82, 2.24) is 28.5 Å². The van der Waals surface area contributed by atoms with Crippen molar-refractivity contribution < 1.29 is 18.0 Å². The summed E-state index contributed by atoms with van der Waals surface area (Å²) in [4.78, 5) is 30.3. The zero-order valence-electron chi connectivity index (χ0n) is 22.3. The highest BCUT2D eigenvalue weighted by atomic mass is 19.4. The number of anilines is 1. The van der Waals surface area contributed by atoms with E-state index in [1.807, 2.05) is 24.6 Å². The molecule has 0 saturated carbocycles. The highest BCUT2D eigenvalue weighted by Crippen LogP contribution is 2.37. The van der Waals surface area contributed by atoms with Gasteiger partial charge in [0.05, 0.1) is 39.9 Å². The normalized spacial score (nSPS) is 12.0. The first-order valence-corrected chi connectivity index (χ1v) is 12.7. The number of amides is 1. The number of halogens is 3. The SMILES string of the molecule is CCn1c(-c2ccc(-n3cnn(C)c3=O)cc2)cc2cc(C(F)(F)F)cc(C(=O)Nc3cccc4c3ncn4C)c21. The number of aromatic nitrogens is 6. The fourth-order valence-electron chi connectivity index (χ4n) is 5.12. The zero-order chi connectivity index (χ0) is 29.1. The summed E-state index contributed by atoms with van der Waals surface area (Å²) in [6.07, 6.45) is -1.64. The van der Waals surface area contributed by atoms with E-state index in [4.69, 9.17) is 0 Å². The Kier molecular flexibility index (Phi) is 6.05. The van der Waals surface area contributed by atoms with Gasteiger partial charge in [-0.15, -0.1) is 0 Å². The molecule has 41 heavy (non-hydrogen) atoms. The van der Waals surface area contributed by atoms with Gasteiger partial charge in [0, 0.05) is 31.7 Å². The van der Waals surface area contributed by atoms with E-state index in [1.165, 1.54) is 15.6 Å². The quantitative estimate of drug-likeness (QED) is 0.308. The van der Waals surface area contributed by atoms with Crippen LogP contribution in [0.5, 0.6) is 0 Å². The Morgan fingerprint density at radius 3 is 2.41 bits per heavy atom. The molecule has 208 valence electrons. The van der Waals surface area contributed by atoms with Gasteiger partial charge >= 0.3 is 11.9 Å². The van der Waals surface area contributed by atoms with Crippen LogP contribution in [0.4, 0.5) is 18.9 Å². The maximum absolute atomic E-state index is 14.0. The first-order chi connectivity index (χ1) is 19.6. The molecule has 0 bridgehead atoms. The van der Waals surface area contributed by atoms with Crippen molar-refractivity contribution in [1.29, 1.82) is 0 Å². The molecule has 0 radical (unpaired) electrons. The van der Waals surface area contributed by atoms with Crippen LogP contribution in [0.3, 0.4) is 0 Å². The second-order valence-electron chi connectivity index (χ2n) is 9.67. The third kappa shape index (κ3) is 4.37. The summed E-state index contributed by atoms with van der Waals surface area (Å²) in [5, 5.41) is 7.03. The molecule has 0 aliphatic heterocycles. The van der Waals surface area contributed by atoms with Gasteiger partial charge in [0.2, 0.25) is 0 Å². The fraction of sp³-hybridized carbons (Fsp3) is 0.172. The van der Waals surface area contributed by atoms with Crippen molar-refractivity contribution in [3.63, 3.8) is 0 Å². The molecule has 3 aromatic heterocycles. The Labute approximate surface area is 231 Å². The number of rotatable bonds is 5. The number of carbonyl (C=O) groups is 1. The Morgan fingerprint density at radius 1 is 1.00 bits per heavy atom. The first kappa shape index (κ1) is 26.1. The number of nitrogens with zero attached hydrogens (tertiary/aromatic N) is 6. The first-order valence-electron chi connectivity index (χ1n) is 12.7. The third-order valence-corrected chi connectivity index (χ3v) is 7.15. The maximum Gasteiger partial charge on any atom is 0.416 e. The van der Waals surface area contributed by atoms with E-state index in [0.717, 1.165) is 17.6 Å². The van der Waals surface area contributed by atoms with Gasteiger partial charge in [0.25, 0.3) is 5.91 Å². The van der Waals surface area contributed by atoms with Crippen LogP contribution in [-0.4, -0.2) is 34.4 Å². The summed E-state index contributed by atoms with van der Waals surface area (Å²) in [5.41, 5.74) is 2.69. The maximum atomic E-state index is 14.0. The number of fused-ring (bicyclic) bond motifs is 2. The summed E-state index contributed by atoms with van der Waals surface area (Å²) in [7, 11) is 3.36. The number of carbonyl (C=O) groups excluding carboxylic acids is 1. The lowest BCUT2D eigenvalue weighted by molar-refractivity contribution is -0.137. The van der Waals surface area contributed by atoms with Crippen molar-refractivity contribution >= 4 is 33.5 Å². The van der Waals surface area contributed by atoms with Gasteiger partial charge in [-0.2, -0.15) is 18.3 Å². The molecular weight excluding hydrogens is 535 g/mol. The fourth-order valence-corrected chi connectivity index (χ4v) is 5.12. The molecule has 0 saturated heterocycles. The van der Waals surface area contributed by atoms with Crippen LogP contribution >= 0.6 is 0 Å². The van der Waals surface area contributed by atoms with E-state index < -0.39 is 17.6 Å². The van der Waals surface area contributed by atoms with E-state index in [9.17, 15) is 22.8 Å². The minimum atomic E-state index is -4.66. The molecule has 0 unspecified atom stereocenters. The molecule has 6 rings (SSSR count). The molecule has 12 heteroatoms. The van der Waals surface area contributed by atoms with Crippen LogP contribution in [0.15, 0.2) is 78.1 Å². The lowest BCUT2D eigenvalue weighted by Crippen LogP contribution is -2.21. The van der Waals surface area contributed by atoms with Gasteiger partial charge < -0.3 is 14.5 Å². The molecule has 1 amide bonds. The van der Waals surface area contributed by atoms with E-state index >= 15 is 0 Å². The number of hydrogen-bond acceptors (Lipinski definition) is 4. The minimum Gasteiger partial charge on any atom is -0.340 e.